The average Bonchev–Trinajstić information content (AvgIpc) is 3.32. The molecule has 1 fully saturated rings. The molecule has 1 saturated heterocycles. The highest BCUT2D eigenvalue weighted by atomic mass is 32.2. The van der Waals surface area contributed by atoms with E-state index in [2.05, 4.69) is 31.5 Å². The normalized spacial score (nSPS) is 16.3. The Balaban J connectivity index is 1.34. The molecule has 0 bridgehead atoms. The average molecular weight is 424 g/mol. The number of carbonyl (C=O) groups excluding carboxylic acids is 1. The van der Waals surface area contributed by atoms with Crippen LogP contribution in [0.5, 0.6) is 5.75 Å². The molecule has 7 nitrogen and oxygen atoms in total. The zero-order valence-electron chi connectivity index (χ0n) is 16.9. The van der Waals surface area contributed by atoms with Gasteiger partial charge in [0.25, 0.3) is 5.91 Å². The third-order valence-corrected chi connectivity index (χ3v) is 6.11. The molecule has 4 rings (SSSR count). The number of H-pyrrole nitrogens is 1. The van der Waals surface area contributed by atoms with Crippen molar-refractivity contribution < 1.29 is 9.53 Å². The first kappa shape index (κ1) is 20.3. The number of amides is 1. The maximum absolute atomic E-state index is 12.8. The summed E-state index contributed by atoms with van der Waals surface area (Å²) in [6.07, 6.45) is 3.50. The Hall–Kier alpha value is -3.00. The Morgan fingerprint density at radius 3 is 2.87 bits per heavy atom. The highest BCUT2D eigenvalue weighted by Gasteiger charge is 2.23. The Labute approximate surface area is 180 Å². The van der Waals surface area contributed by atoms with E-state index < -0.39 is 0 Å². The molecule has 1 aliphatic rings. The largest absolute Gasteiger partial charge is 0.495 e. The highest BCUT2D eigenvalue weighted by Crippen LogP contribution is 2.30. The minimum Gasteiger partial charge on any atom is -0.495 e. The molecule has 30 heavy (non-hydrogen) atoms. The maximum atomic E-state index is 12.8. The van der Waals surface area contributed by atoms with Gasteiger partial charge in [-0.25, -0.2) is 4.98 Å². The van der Waals surface area contributed by atoms with Gasteiger partial charge in [0.1, 0.15) is 12.1 Å². The number of anilines is 1. The number of thioether (sulfide) groups is 1. The molecule has 2 N–H and O–H groups in total. The molecule has 1 unspecified atom stereocenters. The van der Waals surface area contributed by atoms with Gasteiger partial charge in [0.05, 0.1) is 12.8 Å². The van der Waals surface area contributed by atoms with Crippen LogP contribution in [0.2, 0.25) is 0 Å². The van der Waals surface area contributed by atoms with Crippen molar-refractivity contribution in [2.24, 2.45) is 0 Å². The molecule has 1 atom stereocenters. The molecular formula is C22H25N5O2S. The number of carbonyl (C=O) groups is 1. The summed E-state index contributed by atoms with van der Waals surface area (Å²) in [5.74, 6) is 1.60. The molecule has 8 heteroatoms. The quantitative estimate of drug-likeness (QED) is 0.566. The van der Waals surface area contributed by atoms with E-state index in [9.17, 15) is 4.79 Å². The van der Waals surface area contributed by atoms with Crippen molar-refractivity contribution in [3.8, 4) is 5.75 Å². The van der Waals surface area contributed by atoms with E-state index in [-0.39, 0.29) is 11.9 Å². The van der Waals surface area contributed by atoms with Crippen molar-refractivity contribution in [1.29, 1.82) is 0 Å². The first-order valence-corrected chi connectivity index (χ1v) is 11.0. The second-order valence-corrected chi connectivity index (χ2v) is 8.17. The van der Waals surface area contributed by atoms with Crippen LogP contribution in [0.3, 0.4) is 0 Å². The number of methoxy groups -OCH3 is 1. The minimum absolute atomic E-state index is 0.0312. The smallest absolute Gasteiger partial charge is 0.251 e. The van der Waals surface area contributed by atoms with Gasteiger partial charge in [-0.2, -0.15) is 5.10 Å². The number of hydrogen-bond acceptors (Lipinski definition) is 6. The van der Waals surface area contributed by atoms with Crippen LogP contribution in [0.4, 0.5) is 5.69 Å². The van der Waals surface area contributed by atoms with E-state index >= 15 is 0 Å². The van der Waals surface area contributed by atoms with Gasteiger partial charge in [0, 0.05) is 30.4 Å². The molecule has 0 saturated carbocycles. The summed E-state index contributed by atoms with van der Waals surface area (Å²) in [5.41, 5.74) is 2.89. The van der Waals surface area contributed by atoms with E-state index in [0.717, 1.165) is 53.8 Å². The number of nitrogens with zero attached hydrogens (tertiary/aromatic N) is 3. The third kappa shape index (κ3) is 4.94. The molecule has 0 spiro atoms. The first-order valence-electron chi connectivity index (χ1n) is 9.99. The summed E-state index contributed by atoms with van der Waals surface area (Å²) in [6, 6.07) is 15.9. The van der Waals surface area contributed by atoms with E-state index in [1.165, 1.54) is 6.33 Å². The molecule has 0 radical (unpaired) electrons. The summed E-state index contributed by atoms with van der Waals surface area (Å²) in [7, 11) is 1.69. The molecule has 2 heterocycles. The summed E-state index contributed by atoms with van der Waals surface area (Å²) in [6.45, 7) is 1.74. The van der Waals surface area contributed by atoms with Gasteiger partial charge >= 0.3 is 0 Å². The van der Waals surface area contributed by atoms with Gasteiger partial charge in [-0.3, -0.25) is 9.89 Å². The van der Waals surface area contributed by atoms with Crippen LogP contribution in [-0.2, 0) is 5.75 Å². The fourth-order valence-corrected chi connectivity index (χ4v) is 4.38. The lowest BCUT2D eigenvalue weighted by atomic mass is 10.0. The number of aromatic amines is 1. The van der Waals surface area contributed by atoms with Crippen molar-refractivity contribution in [2.75, 3.05) is 25.1 Å². The standard InChI is InChI=1S/C22H25N5O2S/c1-29-20-7-3-2-6-19(20)27-12-4-5-18(13-27)25-21(28)17-10-8-16(9-11-17)14-30-22-23-15-24-26-22/h2-3,6-11,15,18H,4-5,12-14H2,1H3,(H,25,28)(H,23,24,26). The van der Waals surface area contributed by atoms with Crippen LogP contribution in [0.1, 0.15) is 28.8 Å². The van der Waals surface area contributed by atoms with Crippen LogP contribution in [0.15, 0.2) is 60.0 Å². The van der Waals surface area contributed by atoms with Crippen molar-refractivity contribution in [3.05, 3.63) is 66.0 Å². The Bertz CT molecular complexity index is 962. The van der Waals surface area contributed by atoms with Crippen LogP contribution < -0.4 is 15.0 Å². The Kier molecular flexibility index (Phi) is 6.53. The lowest BCUT2D eigenvalue weighted by molar-refractivity contribution is 0.0933. The van der Waals surface area contributed by atoms with Gasteiger partial charge in [-0.15, -0.1) is 0 Å². The van der Waals surface area contributed by atoms with Crippen molar-refractivity contribution in [3.63, 3.8) is 0 Å². The van der Waals surface area contributed by atoms with Crippen LogP contribution in [0.25, 0.3) is 0 Å². The molecule has 1 aromatic heterocycles. The molecule has 1 aliphatic heterocycles. The molecule has 156 valence electrons. The van der Waals surface area contributed by atoms with E-state index in [4.69, 9.17) is 4.74 Å². The zero-order chi connectivity index (χ0) is 20.8. The maximum Gasteiger partial charge on any atom is 0.251 e. The number of ether oxygens (including phenoxy) is 1. The van der Waals surface area contributed by atoms with Gasteiger partial charge in [0.15, 0.2) is 5.16 Å². The van der Waals surface area contributed by atoms with Crippen molar-refractivity contribution in [2.45, 2.75) is 29.8 Å². The second kappa shape index (κ2) is 9.67. The van der Waals surface area contributed by atoms with E-state index in [0.29, 0.717) is 5.56 Å². The number of piperidine rings is 1. The predicted molar refractivity (Wildman–Crippen MR) is 118 cm³/mol. The Morgan fingerprint density at radius 1 is 1.27 bits per heavy atom. The van der Waals surface area contributed by atoms with Gasteiger partial charge in [0.2, 0.25) is 0 Å². The monoisotopic (exact) mass is 423 g/mol. The van der Waals surface area contributed by atoms with E-state index in [1.807, 2.05) is 42.5 Å². The number of para-hydroxylation sites is 2. The van der Waals surface area contributed by atoms with E-state index in [1.54, 1.807) is 18.9 Å². The fraction of sp³-hybridized carbons (Fsp3) is 0.318. The molecule has 2 aromatic carbocycles. The topological polar surface area (TPSA) is 83.1 Å². The van der Waals surface area contributed by atoms with Crippen LogP contribution in [-0.4, -0.2) is 47.3 Å². The summed E-state index contributed by atoms with van der Waals surface area (Å²) in [4.78, 5) is 19.1. The third-order valence-electron chi connectivity index (χ3n) is 5.17. The van der Waals surface area contributed by atoms with Crippen molar-refractivity contribution >= 4 is 23.4 Å². The molecular weight excluding hydrogens is 398 g/mol. The van der Waals surface area contributed by atoms with Gasteiger partial charge in [-0.1, -0.05) is 36.0 Å². The fourth-order valence-electron chi connectivity index (χ4n) is 3.64. The number of hydrogen-bond donors (Lipinski definition) is 2. The summed E-state index contributed by atoms with van der Waals surface area (Å²) < 4.78 is 5.50. The summed E-state index contributed by atoms with van der Waals surface area (Å²) in [5, 5.41) is 10.7. The molecule has 3 aromatic rings. The second-order valence-electron chi connectivity index (χ2n) is 7.21. The number of benzene rings is 2. The minimum atomic E-state index is -0.0312. The van der Waals surface area contributed by atoms with Crippen LogP contribution in [0, 0.1) is 0 Å². The summed E-state index contributed by atoms with van der Waals surface area (Å²) >= 11 is 1.58. The first-order chi connectivity index (χ1) is 14.7. The van der Waals surface area contributed by atoms with Crippen LogP contribution >= 0.6 is 11.8 Å². The zero-order valence-corrected chi connectivity index (χ0v) is 17.7. The highest BCUT2D eigenvalue weighted by molar-refractivity contribution is 7.98. The van der Waals surface area contributed by atoms with Crippen molar-refractivity contribution in [1.82, 2.24) is 20.5 Å². The Morgan fingerprint density at radius 2 is 2.10 bits per heavy atom. The number of rotatable bonds is 7. The van der Waals surface area contributed by atoms with Gasteiger partial charge in [-0.05, 0) is 42.7 Å². The SMILES string of the molecule is COc1ccccc1N1CCCC(NC(=O)c2ccc(CSc3ncn[nH]3)cc2)C1. The molecule has 1 amide bonds. The lowest BCUT2D eigenvalue weighted by Crippen LogP contribution is -2.47. The molecule has 0 aliphatic carbocycles. The number of nitrogens with one attached hydrogen (secondary N) is 2. The van der Waals surface area contributed by atoms with Gasteiger partial charge < -0.3 is 15.0 Å². The predicted octanol–water partition coefficient (Wildman–Crippen LogP) is 3.50. The lowest BCUT2D eigenvalue weighted by Gasteiger charge is -2.35. The number of aromatic nitrogens is 3.